The monoisotopic (exact) mass is 618 g/mol. The Balaban J connectivity index is 1.82. The number of hydrogen-bond acceptors (Lipinski definition) is 7. The molecule has 1 heterocycles. The molecule has 44 heavy (non-hydrogen) atoms. The van der Waals surface area contributed by atoms with Gasteiger partial charge in [-0.2, -0.15) is 0 Å². The Morgan fingerprint density at radius 1 is 1.00 bits per heavy atom. The third-order valence-electron chi connectivity index (χ3n) is 6.84. The summed E-state index contributed by atoms with van der Waals surface area (Å²) in [6.45, 7) is 12.9. The van der Waals surface area contributed by atoms with Crippen molar-refractivity contribution in [2.45, 2.75) is 79.6 Å². The molecule has 0 saturated carbocycles. The van der Waals surface area contributed by atoms with E-state index in [2.05, 4.69) is 12.2 Å². The molecule has 236 valence electrons. The molecule has 8 heteroatoms. The van der Waals surface area contributed by atoms with Gasteiger partial charge in [-0.25, -0.2) is 9.78 Å². The summed E-state index contributed by atoms with van der Waals surface area (Å²) in [7, 11) is 0. The lowest BCUT2D eigenvalue weighted by Gasteiger charge is -2.24. The molecule has 7 nitrogen and oxygen atoms in total. The molecule has 1 aromatic heterocycles. The highest BCUT2D eigenvalue weighted by Gasteiger charge is 2.27. The fourth-order valence-corrected chi connectivity index (χ4v) is 5.35. The van der Waals surface area contributed by atoms with Gasteiger partial charge in [0, 0.05) is 11.0 Å². The molecule has 0 radical (unpaired) electrons. The topological polar surface area (TPSA) is 86.8 Å². The Hall–Kier alpha value is -3.75. The normalized spacial score (nSPS) is 13.4. The molecule has 0 spiro atoms. The molecule has 0 fully saturated rings. The van der Waals surface area contributed by atoms with Crippen LogP contribution in [-0.4, -0.2) is 36.2 Å². The molecular weight excluding hydrogens is 572 g/mol. The second-order valence-electron chi connectivity index (χ2n) is 11.1. The number of carbonyl (C=O) groups is 2. The number of ether oxygens (including phenoxy) is 3. The fourth-order valence-electron chi connectivity index (χ4n) is 4.52. The van der Waals surface area contributed by atoms with Gasteiger partial charge in [0.2, 0.25) is 5.91 Å². The van der Waals surface area contributed by atoms with Gasteiger partial charge in [0.1, 0.15) is 16.9 Å². The highest BCUT2D eigenvalue weighted by atomic mass is 32.1. The van der Waals surface area contributed by atoms with Crippen molar-refractivity contribution in [2.24, 2.45) is 5.92 Å². The number of benzene rings is 2. The molecule has 0 aliphatic rings. The zero-order valence-corrected chi connectivity index (χ0v) is 27.6. The Morgan fingerprint density at radius 3 is 2.39 bits per heavy atom. The van der Waals surface area contributed by atoms with Gasteiger partial charge in [0.05, 0.1) is 31.6 Å². The van der Waals surface area contributed by atoms with E-state index in [1.54, 1.807) is 19.9 Å². The van der Waals surface area contributed by atoms with Gasteiger partial charge >= 0.3 is 5.97 Å². The summed E-state index contributed by atoms with van der Waals surface area (Å²) in [6.07, 6.45) is 5.74. The number of esters is 1. The predicted octanol–water partition coefficient (Wildman–Crippen LogP) is 7.88. The average molecular weight is 619 g/mol. The van der Waals surface area contributed by atoms with Gasteiger partial charge in [-0.3, -0.25) is 4.79 Å². The maximum Gasteiger partial charge on any atom is 0.333 e. The van der Waals surface area contributed by atoms with E-state index in [0.717, 1.165) is 46.0 Å². The minimum absolute atomic E-state index is 0.0224. The van der Waals surface area contributed by atoms with E-state index in [1.165, 1.54) is 11.3 Å². The van der Waals surface area contributed by atoms with Gasteiger partial charge in [0.25, 0.3) is 0 Å². The van der Waals surface area contributed by atoms with Crippen molar-refractivity contribution < 1.29 is 23.8 Å². The summed E-state index contributed by atoms with van der Waals surface area (Å²) in [5, 5.41) is 5.99. The molecule has 1 unspecified atom stereocenters. The van der Waals surface area contributed by atoms with Crippen molar-refractivity contribution >= 4 is 29.3 Å². The molecule has 3 rings (SSSR count). The van der Waals surface area contributed by atoms with Crippen LogP contribution in [0.4, 0.5) is 0 Å². The van der Waals surface area contributed by atoms with Crippen molar-refractivity contribution in [1.29, 1.82) is 0 Å². The molecule has 0 aliphatic heterocycles. The van der Waals surface area contributed by atoms with Crippen LogP contribution in [0.5, 0.6) is 5.75 Å². The Bertz CT molecular complexity index is 1380. The highest BCUT2D eigenvalue weighted by Crippen LogP contribution is 2.26. The molecule has 1 amide bonds. The van der Waals surface area contributed by atoms with E-state index in [0.29, 0.717) is 31.8 Å². The van der Waals surface area contributed by atoms with Gasteiger partial charge in [-0.1, -0.05) is 69.7 Å². The standard InChI is InChI=1S/C36H46N2O5S/c1-7-9-19-42-31-17-15-28(16-18-31)22-32(38-34(39)33(25(3)4)43-23-29-13-11-10-12-14-29)35-37-30(24-44-35)21-26(5)20-27(6)36(40)41-8-2/h10-18,20-21,24-25,32-33H,7-9,19,22-23H2,1-6H3,(H,38,39)/b26-21+,27-20-/t32-,33?/m0/s1. The van der Waals surface area contributed by atoms with E-state index < -0.39 is 6.10 Å². The summed E-state index contributed by atoms with van der Waals surface area (Å²) in [4.78, 5) is 30.6. The molecule has 1 N–H and O–H groups in total. The van der Waals surface area contributed by atoms with Crippen LogP contribution in [0.2, 0.25) is 0 Å². The third-order valence-corrected chi connectivity index (χ3v) is 7.81. The van der Waals surface area contributed by atoms with Gasteiger partial charge < -0.3 is 19.5 Å². The van der Waals surface area contributed by atoms with Crippen LogP contribution in [0, 0.1) is 5.92 Å². The third kappa shape index (κ3) is 11.4. The van der Waals surface area contributed by atoms with Gasteiger partial charge in [0.15, 0.2) is 0 Å². The molecule has 0 saturated heterocycles. The number of hydrogen-bond donors (Lipinski definition) is 1. The molecule has 0 bridgehead atoms. The van der Waals surface area contributed by atoms with E-state index >= 15 is 0 Å². The smallest absolute Gasteiger partial charge is 0.333 e. The lowest BCUT2D eigenvalue weighted by atomic mass is 10.0. The zero-order valence-electron chi connectivity index (χ0n) is 26.8. The van der Waals surface area contributed by atoms with E-state index in [4.69, 9.17) is 19.2 Å². The largest absolute Gasteiger partial charge is 0.494 e. The molecule has 0 aliphatic carbocycles. The number of amides is 1. The molecular formula is C36H46N2O5S. The average Bonchev–Trinajstić information content (AvgIpc) is 3.46. The number of rotatable bonds is 17. The summed E-state index contributed by atoms with van der Waals surface area (Å²) in [5.41, 5.74) is 4.23. The molecule has 2 atom stereocenters. The van der Waals surface area contributed by atoms with Crippen molar-refractivity contribution in [3.05, 3.63) is 99.0 Å². The Kier molecular flexibility index (Phi) is 14.3. The second kappa shape index (κ2) is 18.1. The highest BCUT2D eigenvalue weighted by molar-refractivity contribution is 7.09. The first-order valence-corrected chi connectivity index (χ1v) is 16.2. The predicted molar refractivity (Wildman–Crippen MR) is 177 cm³/mol. The second-order valence-corrected chi connectivity index (χ2v) is 12.0. The number of carbonyl (C=O) groups excluding carboxylic acids is 2. The minimum atomic E-state index is -0.621. The van der Waals surface area contributed by atoms with E-state index in [-0.39, 0.29) is 23.8 Å². The summed E-state index contributed by atoms with van der Waals surface area (Å²) in [6, 6.07) is 17.5. The van der Waals surface area contributed by atoms with Crippen LogP contribution in [0.3, 0.4) is 0 Å². The first kappa shape index (κ1) is 34.7. The number of unbranched alkanes of at least 4 members (excludes halogenated alkanes) is 1. The molecule has 3 aromatic rings. The first-order valence-electron chi connectivity index (χ1n) is 15.4. The SMILES string of the molecule is CCCCOc1ccc(C[C@H](NC(=O)C(OCc2ccccc2)C(C)C)c2nc(/C=C(C)/C=C(/C)C(=O)OCC)cs2)cc1. The maximum atomic E-state index is 13.7. The summed E-state index contributed by atoms with van der Waals surface area (Å²) in [5.74, 6) is 0.306. The Labute approximate surface area is 266 Å². The van der Waals surface area contributed by atoms with E-state index in [1.807, 2.05) is 86.8 Å². The Morgan fingerprint density at radius 2 is 1.73 bits per heavy atom. The number of nitrogens with one attached hydrogen (secondary N) is 1. The minimum Gasteiger partial charge on any atom is -0.494 e. The van der Waals surface area contributed by atoms with Gasteiger partial charge in [-0.15, -0.1) is 11.3 Å². The van der Waals surface area contributed by atoms with Crippen LogP contribution >= 0.6 is 11.3 Å². The number of nitrogens with zero attached hydrogens (tertiary/aromatic N) is 1. The summed E-state index contributed by atoms with van der Waals surface area (Å²) < 4.78 is 17.1. The number of thiazole rings is 1. The van der Waals surface area contributed by atoms with Crippen molar-refractivity contribution in [3.8, 4) is 5.75 Å². The van der Waals surface area contributed by atoms with Gasteiger partial charge in [-0.05, 0) is 80.5 Å². The number of aromatic nitrogens is 1. The molecule has 2 aromatic carbocycles. The van der Waals surface area contributed by atoms with Crippen LogP contribution in [0.25, 0.3) is 6.08 Å². The van der Waals surface area contributed by atoms with Crippen LogP contribution in [0.1, 0.15) is 82.3 Å². The van der Waals surface area contributed by atoms with Crippen LogP contribution in [-0.2, 0) is 32.1 Å². The lowest BCUT2D eigenvalue weighted by molar-refractivity contribution is -0.138. The quantitative estimate of drug-likeness (QED) is 0.0717. The fraction of sp³-hybridized carbons (Fsp3) is 0.417. The lowest BCUT2D eigenvalue weighted by Crippen LogP contribution is -2.42. The van der Waals surface area contributed by atoms with E-state index in [9.17, 15) is 9.59 Å². The number of allylic oxidation sites excluding steroid dienone is 2. The first-order chi connectivity index (χ1) is 21.2. The van der Waals surface area contributed by atoms with Crippen LogP contribution < -0.4 is 10.1 Å². The summed E-state index contributed by atoms with van der Waals surface area (Å²) >= 11 is 1.49. The van der Waals surface area contributed by atoms with Crippen molar-refractivity contribution in [2.75, 3.05) is 13.2 Å². The van der Waals surface area contributed by atoms with Crippen LogP contribution in [0.15, 0.2) is 77.2 Å². The van der Waals surface area contributed by atoms with Crippen molar-refractivity contribution in [3.63, 3.8) is 0 Å². The maximum absolute atomic E-state index is 13.7. The van der Waals surface area contributed by atoms with Crippen molar-refractivity contribution in [1.82, 2.24) is 10.3 Å². The zero-order chi connectivity index (χ0) is 31.9.